The topological polar surface area (TPSA) is 34.1 Å². The van der Waals surface area contributed by atoms with Gasteiger partial charge in [0, 0.05) is 21.7 Å². The molecule has 0 saturated carbocycles. The summed E-state index contributed by atoms with van der Waals surface area (Å²) < 4.78 is 24.9. The number of carbonyl (C=O) groups is 2. The maximum Gasteiger partial charge on any atom is 0.265 e. The maximum atomic E-state index is 12.4. The van der Waals surface area contributed by atoms with Crippen LogP contribution in [0.15, 0.2) is 12.1 Å². The number of aldehydes is 2. The first-order chi connectivity index (χ1) is 6.60. The third-order valence-corrected chi connectivity index (χ3v) is 1.90. The Morgan fingerprint density at radius 1 is 1.14 bits per heavy atom. The number of benzene rings is 1. The van der Waals surface area contributed by atoms with Gasteiger partial charge >= 0.3 is 0 Å². The molecule has 0 fully saturated rings. The number of hydrogen-bond acceptors (Lipinski definition) is 2. The fourth-order valence-corrected chi connectivity index (χ4v) is 1.34. The van der Waals surface area contributed by atoms with Crippen molar-refractivity contribution in [3.8, 4) is 0 Å². The minimum atomic E-state index is -2.87. The lowest BCUT2D eigenvalue weighted by molar-refractivity contribution is 0.109. The summed E-state index contributed by atoms with van der Waals surface area (Å²) in [5.41, 5.74) is -1.08. The highest BCUT2D eigenvalue weighted by Crippen LogP contribution is 2.28. The van der Waals surface area contributed by atoms with Gasteiger partial charge in [-0.25, -0.2) is 8.78 Å². The molecule has 1 aromatic carbocycles. The van der Waals surface area contributed by atoms with E-state index in [1.807, 2.05) is 0 Å². The molecular formula is C9H5ClF2O2. The van der Waals surface area contributed by atoms with Gasteiger partial charge in [0.1, 0.15) is 0 Å². The van der Waals surface area contributed by atoms with Crippen molar-refractivity contribution in [3.05, 3.63) is 33.8 Å². The lowest BCUT2D eigenvalue weighted by Crippen LogP contribution is -1.99. The van der Waals surface area contributed by atoms with Crippen LogP contribution in [-0.2, 0) is 0 Å². The molecule has 0 atom stereocenters. The van der Waals surface area contributed by atoms with Gasteiger partial charge < -0.3 is 0 Å². The van der Waals surface area contributed by atoms with Gasteiger partial charge in [-0.3, -0.25) is 9.59 Å². The molecule has 1 aromatic rings. The van der Waals surface area contributed by atoms with Gasteiger partial charge in [0.2, 0.25) is 0 Å². The van der Waals surface area contributed by atoms with Crippen LogP contribution in [0.3, 0.4) is 0 Å². The Morgan fingerprint density at radius 3 is 1.86 bits per heavy atom. The highest BCUT2D eigenvalue weighted by molar-refractivity contribution is 6.31. The fraction of sp³-hybridized carbons (Fsp3) is 0.111. The van der Waals surface area contributed by atoms with E-state index in [1.165, 1.54) is 0 Å². The molecule has 74 valence electrons. The van der Waals surface area contributed by atoms with Crippen molar-refractivity contribution in [2.45, 2.75) is 6.43 Å². The monoisotopic (exact) mass is 218 g/mol. The molecule has 0 aliphatic rings. The van der Waals surface area contributed by atoms with Crippen LogP contribution >= 0.6 is 11.6 Å². The van der Waals surface area contributed by atoms with Gasteiger partial charge in [0.25, 0.3) is 6.43 Å². The van der Waals surface area contributed by atoms with Gasteiger partial charge in [-0.15, -0.1) is 0 Å². The Morgan fingerprint density at radius 2 is 1.57 bits per heavy atom. The Bertz CT molecular complexity index is 348. The summed E-state index contributed by atoms with van der Waals surface area (Å²) in [6.45, 7) is 0. The smallest absolute Gasteiger partial charge is 0.265 e. The minimum absolute atomic E-state index is 0.0820. The third kappa shape index (κ3) is 1.96. The second-order valence-corrected chi connectivity index (χ2v) is 2.97. The van der Waals surface area contributed by atoms with Crippen LogP contribution in [0.2, 0.25) is 5.02 Å². The first-order valence-corrected chi connectivity index (χ1v) is 4.00. The first kappa shape index (κ1) is 10.8. The molecular weight excluding hydrogens is 214 g/mol. The normalized spacial score (nSPS) is 10.3. The summed E-state index contributed by atoms with van der Waals surface area (Å²) in [6.07, 6.45) is -2.37. The average molecular weight is 219 g/mol. The molecule has 0 aliphatic carbocycles. The molecule has 0 aromatic heterocycles. The maximum absolute atomic E-state index is 12.4. The van der Waals surface area contributed by atoms with Crippen LogP contribution < -0.4 is 0 Å². The predicted molar refractivity (Wildman–Crippen MR) is 47.2 cm³/mol. The molecule has 0 heterocycles. The average Bonchev–Trinajstić information content (AvgIpc) is 2.15. The van der Waals surface area contributed by atoms with Crippen molar-refractivity contribution in [1.82, 2.24) is 0 Å². The molecule has 0 saturated heterocycles. The van der Waals surface area contributed by atoms with Crippen LogP contribution in [0, 0.1) is 0 Å². The lowest BCUT2D eigenvalue weighted by atomic mass is 10.0. The van der Waals surface area contributed by atoms with Crippen LogP contribution in [0.1, 0.15) is 32.7 Å². The van der Waals surface area contributed by atoms with Crippen molar-refractivity contribution in [2.24, 2.45) is 0 Å². The van der Waals surface area contributed by atoms with Crippen molar-refractivity contribution in [2.75, 3.05) is 0 Å². The third-order valence-electron chi connectivity index (χ3n) is 1.68. The molecule has 2 nitrogen and oxygen atoms in total. The number of halogens is 3. The fourth-order valence-electron chi connectivity index (χ4n) is 1.11. The van der Waals surface area contributed by atoms with Crippen LogP contribution in [-0.4, -0.2) is 12.6 Å². The Balaban J connectivity index is 3.47. The molecule has 0 aliphatic heterocycles. The van der Waals surface area contributed by atoms with E-state index < -0.39 is 12.0 Å². The summed E-state index contributed by atoms with van der Waals surface area (Å²) in [5.74, 6) is 0. The highest BCUT2D eigenvalue weighted by atomic mass is 35.5. The second-order valence-electron chi connectivity index (χ2n) is 2.53. The molecule has 0 N–H and O–H groups in total. The molecule has 0 amide bonds. The van der Waals surface area contributed by atoms with Crippen molar-refractivity contribution >= 4 is 24.2 Å². The Kier molecular flexibility index (Phi) is 3.30. The van der Waals surface area contributed by atoms with E-state index in [2.05, 4.69) is 0 Å². The number of hydrogen-bond donors (Lipinski definition) is 0. The Hall–Kier alpha value is -1.29. The largest absolute Gasteiger partial charge is 0.298 e. The van der Waals surface area contributed by atoms with E-state index in [0.717, 1.165) is 12.1 Å². The summed E-state index contributed by atoms with van der Waals surface area (Å²) in [6, 6.07) is 2.20. The number of alkyl halides is 2. The zero-order valence-corrected chi connectivity index (χ0v) is 7.59. The van der Waals surface area contributed by atoms with Crippen molar-refractivity contribution in [1.29, 1.82) is 0 Å². The molecule has 14 heavy (non-hydrogen) atoms. The minimum Gasteiger partial charge on any atom is -0.298 e. The van der Waals surface area contributed by atoms with Crippen LogP contribution in [0.25, 0.3) is 0 Å². The van der Waals surface area contributed by atoms with Gasteiger partial charge in [0.05, 0.1) is 0 Å². The molecule has 5 heteroatoms. The quantitative estimate of drug-likeness (QED) is 0.731. The van der Waals surface area contributed by atoms with Gasteiger partial charge in [0.15, 0.2) is 12.6 Å². The molecule has 0 spiro atoms. The molecule has 1 rings (SSSR count). The molecule has 0 radical (unpaired) electrons. The predicted octanol–water partition coefficient (Wildman–Crippen LogP) is 2.90. The van der Waals surface area contributed by atoms with E-state index >= 15 is 0 Å². The van der Waals surface area contributed by atoms with E-state index in [1.54, 1.807) is 0 Å². The highest BCUT2D eigenvalue weighted by Gasteiger charge is 2.18. The Labute approximate surface area is 83.5 Å². The van der Waals surface area contributed by atoms with Crippen LogP contribution in [0.5, 0.6) is 0 Å². The SMILES string of the molecule is O=Cc1cc(Cl)cc(C=O)c1C(F)F. The number of carbonyl (C=O) groups excluding carboxylic acids is 2. The van der Waals surface area contributed by atoms with Gasteiger partial charge in [-0.1, -0.05) is 11.6 Å². The van der Waals surface area contributed by atoms with Crippen LogP contribution in [0.4, 0.5) is 8.78 Å². The lowest BCUT2D eigenvalue weighted by Gasteiger charge is -2.06. The second kappa shape index (κ2) is 4.28. The summed E-state index contributed by atoms with van der Waals surface area (Å²) in [4.78, 5) is 20.9. The zero-order chi connectivity index (χ0) is 10.7. The van der Waals surface area contributed by atoms with Crippen molar-refractivity contribution in [3.63, 3.8) is 0 Å². The summed E-state index contributed by atoms with van der Waals surface area (Å²) in [7, 11) is 0. The van der Waals surface area contributed by atoms with E-state index in [4.69, 9.17) is 11.6 Å². The molecule has 0 bridgehead atoms. The van der Waals surface area contributed by atoms with E-state index in [9.17, 15) is 18.4 Å². The van der Waals surface area contributed by atoms with E-state index in [-0.39, 0.29) is 28.7 Å². The van der Waals surface area contributed by atoms with Crippen molar-refractivity contribution < 1.29 is 18.4 Å². The number of rotatable bonds is 3. The van der Waals surface area contributed by atoms with Gasteiger partial charge in [-0.2, -0.15) is 0 Å². The van der Waals surface area contributed by atoms with Gasteiger partial charge in [-0.05, 0) is 12.1 Å². The van der Waals surface area contributed by atoms with E-state index in [0.29, 0.717) is 0 Å². The first-order valence-electron chi connectivity index (χ1n) is 3.62. The molecule has 0 unspecified atom stereocenters. The standard InChI is InChI=1S/C9H5ClF2O2/c10-7-1-5(3-13)8(9(11)12)6(2-7)4-14/h1-4,9H. The summed E-state index contributed by atoms with van der Waals surface area (Å²) in [5, 5.41) is 0.0820. The zero-order valence-electron chi connectivity index (χ0n) is 6.84. The summed E-state index contributed by atoms with van der Waals surface area (Å²) >= 11 is 5.52.